The standard InChI is InChI=1S/C25H17Cl2I2NO4/c1-2-32-22-11-15(9-20(27)23(22)33-13-14-3-5-16(28)6-4-14)10-21-25(31)34-24(30-21)18-12-17(29)7-8-19(18)26/h3-12H,2,13H2,1H3/b21-10-. The van der Waals surface area contributed by atoms with Crippen molar-refractivity contribution in [1.82, 2.24) is 0 Å². The number of benzene rings is 3. The number of esters is 1. The molecule has 4 rings (SSSR count). The van der Waals surface area contributed by atoms with Crippen LogP contribution in [0.4, 0.5) is 0 Å². The number of carbonyl (C=O) groups is 1. The summed E-state index contributed by atoms with van der Waals surface area (Å²) in [6.45, 7) is 2.64. The zero-order valence-corrected chi connectivity index (χ0v) is 23.6. The number of halogens is 4. The molecule has 174 valence electrons. The number of nitrogens with zero attached hydrogens (tertiary/aromatic N) is 1. The Hall–Kier alpha value is -1.82. The highest BCUT2D eigenvalue weighted by Gasteiger charge is 2.26. The quantitative estimate of drug-likeness (QED) is 0.144. The summed E-state index contributed by atoms with van der Waals surface area (Å²) in [6.07, 6.45) is 1.59. The Bertz CT molecular complexity index is 1310. The van der Waals surface area contributed by atoms with Crippen LogP contribution in [0.15, 0.2) is 65.3 Å². The Kier molecular flexibility index (Phi) is 8.39. The molecule has 0 unspecified atom stereocenters. The maximum Gasteiger partial charge on any atom is 0.363 e. The van der Waals surface area contributed by atoms with Crippen molar-refractivity contribution in [3.63, 3.8) is 0 Å². The molecule has 0 radical (unpaired) electrons. The Morgan fingerprint density at radius 1 is 0.971 bits per heavy atom. The van der Waals surface area contributed by atoms with Gasteiger partial charge in [-0.25, -0.2) is 9.79 Å². The lowest BCUT2D eigenvalue weighted by Crippen LogP contribution is -2.06. The molecule has 1 heterocycles. The molecule has 1 aliphatic heterocycles. The van der Waals surface area contributed by atoms with Gasteiger partial charge < -0.3 is 14.2 Å². The molecule has 0 saturated carbocycles. The topological polar surface area (TPSA) is 57.1 Å². The van der Waals surface area contributed by atoms with E-state index in [0.717, 1.165) is 12.7 Å². The second-order valence-electron chi connectivity index (χ2n) is 7.14. The summed E-state index contributed by atoms with van der Waals surface area (Å²) in [5.41, 5.74) is 2.32. The van der Waals surface area contributed by atoms with E-state index in [1.165, 1.54) is 0 Å². The normalized spacial score (nSPS) is 14.2. The first-order valence-corrected chi connectivity index (χ1v) is 13.1. The molecular weight excluding hydrogens is 703 g/mol. The van der Waals surface area contributed by atoms with Gasteiger partial charge in [-0.05, 0) is 112 Å². The lowest BCUT2D eigenvalue weighted by Gasteiger charge is -2.14. The molecule has 0 bridgehead atoms. The van der Waals surface area contributed by atoms with Crippen molar-refractivity contribution >= 4 is 86.3 Å². The van der Waals surface area contributed by atoms with E-state index in [9.17, 15) is 4.79 Å². The van der Waals surface area contributed by atoms with Crippen LogP contribution in [0, 0.1) is 7.14 Å². The maximum absolute atomic E-state index is 12.5. The van der Waals surface area contributed by atoms with E-state index in [1.54, 1.807) is 24.3 Å². The fraction of sp³-hybridized carbons (Fsp3) is 0.120. The van der Waals surface area contributed by atoms with Gasteiger partial charge in [-0.3, -0.25) is 0 Å². The van der Waals surface area contributed by atoms with Crippen LogP contribution in [-0.2, 0) is 16.1 Å². The number of cyclic esters (lactones) is 1. The van der Waals surface area contributed by atoms with Crippen molar-refractivity contribution in [2.24, 2.45) is 4.99 Å². The van der Waals surface area contributed by atoms with E-state index in [4.69, 9.17) is 37.4 Å². The van der Waals surface area contributed by atoms with Crippen LogP contribution in [0.2, 0.25) is 10.0 Å². The lowest BCUT2D eigenvalue weighted by atomic mass is 10.1. The number of aliphatic imine (C=N–C) groups is 1. The molecule has 5 nitrogen and oxygen atoms in total. The summed E-state index contributed by atoms with van der Waals surface area (Å²) in [4.78, 5) is 16.8. The molecule has 34 heavy (non-hydrogen) atoms. The molecule has 0 amide bonds. The predicted octanol–water partition coefficient (Wildman–Crippen LogP) is 7.52. The van der Waals surface area contributed by atoms with E-state index < -0.39 is 5.97 Å². The Balaban J connectivity index is 1.62. The zero-order valence-electron chi connectivity index (χ0n) is 17.8. The predicted molar refractivity (Wildman–Crippen MR) is 151 cm³/mol. The maximum atomic E-state index is 12.5. The van der Waals surface area contributed by atoms with Gasteiger partial charge >= 0.3 is 5.97 Å². The first-order valence-electron chi connectivity index (χ1n) is 10.2. The van der Waals surface area contributed by atoms with Crippen molar-refractivity contribution in [1.29, 1.82) is 0 Å². The zero-order chi connectivity index (χ0) is 24.2. The van der Waals surface area contributed by atoms with Gasteiger partial charge in [-0.15, -0.1) is 0 Å². The van der Waals surface area contributed by atoms with Gasteiger partial charge in [0.15, 0.2) is 17.2 Å². The van der Waals surface area contributed by atoms with Crippen LogP contribution in [-0.4, -0.2) is 18.5 Å². The smallest absolute Gasteiger partial charge is 0.363 e. The second kappa shape index (κ2) is 11.3. The molecule has 0 fully saturated rings. The number of carbonyl (C=O) groups excluding carboxylic acids is 1. The molecule has 3 aromatic carbocycles. The molecule has 0 atom stereocenters. The van der Waals surface area contributed by atoms with Gasteiger partial charge in [0.2, 0.25) is 5.90 Å². The van der Waals surface area contributed by atoms with Crippen LogP contribution < -0.4 is 9.47 Å². The van der Waals surface area contributed by atoms with Gasteiger partial charge in [-0.1, -0.05) is 35.3 Å². The van der Waals surface area contributed by atoms with Crippen molar-refractivity contribution in [2.75, 3.05) is 6.61 Å². The van der Waals surface area contributed by atoms with E-state index >= 15 is 0 Å². The number of hydrogen-bond donors (Lipinski definition) is 0. The number of rotatable bonds is 7. The van der Waals surface area contributed by atoms with Crippen LogP contribution >= 0.6 is 68.4 Å². The average molecular weight is 720 g/mol. The third-order valence-electron chi connectivity index (χ3n) is 4.71. The van der Waals surface area contributed by atoms with E-state index in [-0.39, 0.29) is 11.6 Å². The highest BCUT2D eigenvalue weighted by Crippen LogP contribution is 2.38. The fourth-order valence-corrected chi connectivity index (χ4v) is 4.48. The van der Waals surface area contributed by atoms with E-state index in [1.807, 2.05) is 43.3 Å². The van der Waals surface area contributed by atoms with Gasteiger partial charge in [0, 0.05) is 7.14 Å². The summed E-state index contributed by atoms with van der Waals surface area (Å²) in [6, 6.07) is 16.9. The molecule has 9 heteroatoms. The molecule has 1 aliphatic rings. The van der Waals surface area contributed by atoms with Crippen molar-refractivity contribution in [3.05, 3.63) is 94.2 Å². The van der Waals surface area contributed by atoms with Crippen molar-refractivity contribution in [2.45, 2.75) is 13.5 Å². The van der Waals surface area contributed by atoms with Gasteiger partial charge in [0.25, 0.3) is 0 Å². The molecule has 3 aromatic rings. The van der Waals surface area contributed by atoms with Gasteiger partial charge in [0.1, 0.15) is 6.61 Å². The first kappa shape index (κ1) is 25.3. The van der Waals surface area contributed by atoms with Crippen LogP contribution in [0.5, 0.6) is 11.5 Å². The summed E-state index contributed by atoms with van der Waals surface area (Å²) < 4.78 is 19.2. The minimum atomic E-state index is -0.571. The van der Waals surface area contributed by atoms with Gasteiger partial charge in [0.05, 0.1) is 22.2 Å². The second-order valence-corrected chi connectivity index (χ2v) is 10.4. The average Bonchev–Trinajstić information content (AvgIpc) is 3.16. The van der Waals surface area contributed by atoms with E-state index in [2.05, 4.69) is 50.2 Å². The number of hydrogen-bond acceptors (Lipinski definition) is 5. The molecule has 0 N–H and O–H groups in total. The third-order valence-corrected chi connectivity index (χ3v) is 6.71. The number of ether oxygens (including phenoxy) is 3. The SMILES string of the molecule is CCOc1cc(/C=C2\N=C(c3cc(I)ccc3Cl)OC2=O)cc(Cl)c1OCc1ccc(I)cc1. The highest BCUT2D eigenvalue weighted by molar-refractivity contribution is 14.1. The minimum Gasteiger partial charge on any atom is -0.490 e. The first-order chi connectivity index (χ1) is 16.3. The molecule has 0 aromatic heterocycles. The largest absolute Gasteiger partial charge is 0.490 e. The Morgan fingerprint density at radius 2 is 1.71 bits per heavy atom. The Morgan fingerprint density at radius 3 is 2.44 bits per heavy atom. The van der Waals surface area contributed by atoms with Crippen molar-refractivity contribution < 1.29 is 19.0 Å². The minimum absolute atomic E-state index is 0.135. The van der Waals surface area contributed by atoms with Crippen LogP contribution in [0.3, 0.4) is 0 Å². The fourth-order valence-electron chi connectivity index (χ4n) is 3.15. The summed E-state index contributed by atoms with van der Waals surface area (Å²) in [7, 11) is 0. The molecule has 0 saturated heterocycles. The third kappa shape index (κ3) is 6.05. The summed E-state index contributed by atoms with van der Waals surface area (Å²) in [5.74, 6) is 0.503. The lowest BCUT2D eigenvalue weighted by molar-refractivity contribution is -0.129. The van der Waals surface area contributed by atoms with Crippen LogP contribution in [0.25, 0.3) is 6.08 Å². The molecule has 0 spiro atoms. The van der Waals surface area contributed by atoms with Crippen LogP contribution in [0.1, 0.15) is 23.6 Å². The molecule has 0 aliphatic carbocycles. The van der Waals surface area contributed by atoms with E-state index in [0.29, 0.717) is 45.9 Å². The summed E-state index contributed by atoms with van der Waals surface area (Å²) >= 11 is 17.2. The summed E-state index contributed by atoms with van der Waals surface area (Å²) in [5, 5.41) is 0.809. The monoisotopic (exact) mass is 719 g/mol. The molecular formula is C25H17Cl2I2NO4. The van der Waals surface area contributed by atoms with Gasteiger partial charge in [-0.2, -0.15) is 0 Å². The Labute approximate surface area is 234 Å². The highest BCUT2D eigenvalue weighted by atomic mass is 127. The van der Waals surface area contributed by atoms with Crippen molar-refractivity contribution in [3.8, 4) is 11.5 Å².